The van der Waals surface area contributed by atoms with Gasteiger partial charge in [0.25, 0.3) is 0 Å². The van der Waals surface area contributed by atoms with Crippen LogP contribution in [0.5, 0.6) is 0 Å². The van der Waals surface area contributed by atoms with E-state index in [9.17, 15) is 0 Å². The van der Waals surface area contributed by atoms with Crippen LogP contribution in [-0.4, -0.2) is 4.98 Å². The number of rotatable bonds is 0. The van der Waals surface area contributed by atoms with Gasteiger partial charge in [-0.25, -0.2) is 0 Å². The van der Waals surface area contributed by atoms with Crippen LogP contribution in [0.1, 0.15) is 0 Å². The van der Waals surface area contributed by atoms with E-state index in [0.29, 0.717) is 0 Å². The molecule has 0 unspecified atom stereocenters. The second kappa shape index (κ2) is 1.89. The molecule has 2 heteroatoms. The normalized spacial score (nSPS) is 8.57. The van der Waals surface area contributed by atoms with Crippen LogP contribution in [0.3, 0.4) is 0 Å². The lowest BCUT2D eigenvalue weighted by Crippen LogP contribution is -1.65. The number of aromatic nitrogens is 1. The van der Waals surface area contributed by atoms with Crippen molar-refractivity contribution in [2.75, 3.05) is 0 Å². The van der Waals surface area contributed by atoms with Crippen LogP contribution >= 0.6 is 12.6 Å². The molecule has 0 aromatic carbocycles. The largest absolute Gasteiger partial charge is 0.263 e. The van der Waals surface area contributed by atoms with E-state index in [0.717, 1.165) is 4.90 Å². The van der Waals surface area contributed by atoms with Crippen molar-refractivity contribution in [1.29, 1.82) is 0 Å². The van der Waals surface area contributed by atoms with Crippen molar-refractivity contribution in [1.82, 2.24) is 4.98 Å². The lowest BCUT2D eigenvalue weighted by molar-refractivity contribution is 1.24. The van der Waals surface area contributed by atoms with Crippen molar-refractivity contribution in [3.05, 3.63) is 24.5 Å². The van der Waals surface area contributed by atoms with Crippen molar-refractivity contribution in [2.24, 2.45) is 0 Å². The van der Waals surface area contributed by atoms with Gasteiger partial charge in [-0.3, -0.25) is 4.98 Å². The predicted octanol–water partition coefficient (Wildman–Crippen LogP) is 1.64. The molecule has 1 rings (SSSR count). The molecule has 0 saturated carbocycles. The molecule has 0 fully saturated rings. The van der Waals surface area contributed by atoms with Gasteiger partial charge >= 0.3 is 0 Å². The van der Waals surface area contributed by atoms with E-state index in [1.807, 2.05) is 12.1 Å². The Balaban J connectivity index is 3.02. The van der Waals surface area contributed by atoms with Crippen LogP contribution in [-0.2, 0) is 0 Å². The fourth-order valence-electron chi connectivity index (χ4n) is 0.347. The molecule has 1 nitrogen and oxygen atoms in total. The summed E-state index contributed by atoms with van der Waals surface area (Å²) < 4.78 is 0. The lowest BCUT2D eigenvalue weighted by atomic mass is 10.5. The average Bonchev–Trinajstić information content (AvgIpc) is 1.69. The summed E-state index contributed by atoms with van der Waals surface area (Å²) in [5.41, 5.74) is 0. The lowest BCUT2D eigenvalue weighted by Gasteiger charge is -1.79. The molecule has 0 atom stereocenters. The molecule has 1 aromatic rings. The van der Waals surface area contributed by atoms with Crippen molar-refractivity contribution in [2.45, 2.75) is 4.90 Å². The molecule has 0 spiro atoms. The molecule has 0 aliphatic rings. The Morgan fingerprint density at radius 1 is 1.57 bits per heavy atom. The maximum atomic E-state index is 4.75. The number of hydrogen-bond acceptors (Lipinski definition) is 1. The Kier molecular flexibility index (Phi) is 1.22. The zero-order valence-corrected chi connectivity index (χ0v) is 4.48. The molecule has 7 heavy (non-hydrogen) atoms. The van der Waals surface area contributed by atoms with Gasteiger partial charge in [0.2, 0.25) is 0 Å². The number of pyridine rings is 1. The Hall–Kier alpha value is -0.630. The van der Waals surface area contributed by atoms with E-state index >= 15 is 0 Å². The molecule has 0 saturated heterocycles. The van der Waals surface area contributed by atoms with E-state index in [1.54, 1.807) is 12.4 Å². The molecule has 1 radical (unpaired) electrons. The highest BCUT2D eigenvalue weighted by Crippen LogP contribution is 1.98. The summed E-state index contributed by atoms with van der Waals surface area (Å²) in [6.45, 7) is 0. The monoisotopic (exact) mass is 110 g/mol. The Morgan fingerprint density at radius 3 is 2.71 bits per heavy atom. The second-order valence-corrected chi connectivity index (χ2v) is 1.66. The van der Waals surface area contributed by atoms with Crippen molar-refractivity contribution in [3.63, 3.8) is 0 Å². The third-order valence-corrected chi connectivity index (χ3v) is 0.876. The number of nitrogens with zero attached hydrogens (tertiary/aromatic N) is 1. The summed E-state index contributed by atoms with van der Waals surface area (Å²) in [6, 6.07) is 3.66. The van der Waals surface area contributed by atoms with Crippen LogP contribution in [0, 0.1) is 0 Å². The van der Waals surface area contributed by atoms with Crippen LogP contribution < -0.4 is 0 Å². The molecule has 1 heterocycles. The first kappa shape index (κ1) is 4.53. The van der Waals surface area contributed by atoms with Crippen LogP contribution in [0.15, 0.2) is 29.4 Å². The quantitative estimate of drug-likeness (QED) is 0.494. The molecule has 0 aliphatic heterocycles. The SMILES string of the molecule is [S]c1cccnc1. The van der Waals surface area contributed by atoms with E-state index < -0.39 is 0 Å². The molecule has 0 N–H and O–H groups in total. The third-order valence-electron chi connectivity index (χ3n) is 0.634. The maximum absolute atomic E-state index is 4.75. The van der Waals surface area contributed by atoms with E-state index in [4.69, 9.17) is 12.6 Å². The topological polar surface area (TPSA) is 12.9 Å². The van der Waals surface area contributed by atoms with Gasteiger partial charge in [0.05, 0.1) is 4.90 Å². The zero-order chi connectivity index (χ0) is 5.11. The summed E-state index contributed by atoms with van der Waals surface area (Å²) in [4.78, 5) is 4.57. The Bertz CT molecular complexity index is 138. The van der Waals surface area contributed by atoms with Crippen LogP contribution in [0.2, 0.25) is 0 Å². The first-order valence-corrected chi connectivity index (χ1v) is 2.37. The zero-order valence-electron chi connectivity index (χ0n) is 3.66. The summed E-state index contributed by atoms with van der Waals surface area (Å²) in [6.07, 6.45) is 3.35. The first-order valence-electron chi connectivity index (χ1n) is 1.96. The van der Waals surface area contributed by atoms with Crippen molar-refractivity contribution in [3.8, 4) is 0 Å². The number of hydrogen-bond donors (Lipinski definition) is 0. The molecular formula is C5H4NS. The average molecular weight is 110 g/mol. The Labute approximate surface area is 47.8 Å². The van der Waals surface area contributed by atoms with Gasteiger partial charge in [-0.2, -0.15) is 0 Å². The van der Waals surface area contributed by atoms with Crippen molar-refractivity contribution < 1.29 is 0 Å². The van der Waals surface area contributed by atoms with Gasteiger partial charge in [0.1, 0.15) is 0 Å². The van der Waals surface area contributed by atoms with E-state index in [2.05, 4.69) is 4.98 Å². The maximum Gasteiger partial charge on any atom is 0.0560 e. The van der Waals surface area contributed by atoms with Crippen molar-refractivity contribution >= 4 is 12.6 Å². The highest BCUT2D eigenvalue weighted by atomic mass is 32.1. The second-order valence-electron chi connectivity index (χ2n) is 1.19. The molecule has 1 aromatic heterocycles. The highest BCUT2D eigenvalue weighted by Gasteiger charge is 1.76. The van der Waals surface area contributed by atoms with Gasteiger partial charge in [-0.1, -0.05) is 12.6 Å². The van der Waals surface area contributed by atoms with E-state index in [1.165, 1.54) is 0 Å². The third kappa shape index (κ3) is 1.12. The van der Waals surface area contributed by atoms with Crippen LogP contribution in [0.4, 0.5) is 0 Å². The summed E-state index contributed by atoms with van der Waals surface area (Å²) in [5.74, 6) is 0. The van der Waals surface area contributed by atoms with Gasteiger partial charge in [0.15, 0.2) is 0 Å². The molecular weight excluding hydrogens is 106 g/mol. The fraction of sp³-hybridized carbons (Fsp3) is 0. The summed E-state index contributed by atoms with van der Waals surface area (Å²) in [5, 5.41) is 0. The standard InChI is InChI=1S/C5H4NS/c7-5-2-1-3-6-4-5/h1-4H. The smallest absolute Gasteiger partial charge is 0.0560 e. The summed E-state index contributed by atoms with van der Waals surface area (Å²) in [7, 11) is 0. The Morgan fingerprint density at radius 2 is 2.43 bits per heavy atom. The van der Waals surface area contributed by atoms with Gasteiger partial charge in [0, 0.05) is 12.4 Å². The summed E-state index contributed by atoms with van der Waals surface area (Å²) >= 11 is 4.75. The van der Waals surface area contributed by atoms with Gasteiger partial charge < -0.3 is 0 Å². The molecule has 35 valence electrons. The minimum absolute atomic E-state index is 0.794. The highest BCUT2D eigenvalue weighted by molar-refractivity contribution is 7.80. The molecule has 0 aliphatic carbocycles. The first-order chi connectivity index (χ1) is 3.39. The van der Waals surface area contributed by atoms with Crippen LogP contribution in [0.25, 0.3) is 0 Å². The predicted molar refractivity (Wildman–Crippen MR) is 30.1 cm³/mol. The minimum Gasteiger partial charge on any atom is -0.263 e. The molecule has 0 amide bonds. The minimum atomic E-state index is 0.794. The van der Waals surface area contributed by atoms with Gasteiger partial charge in [-0.05, 0) is 12.1 Å². The fourth-order valence-corrected chi connectivity index (χ4v) is 0.487. The van der Waals surface area contributed by atoms with Gasteiger partial charge in [-0.15, -0.1) is 0 Å². The van der Waals surface area contributed by atoms with E-state index in [-0.39, 0.29) is 0 Å². The molecule has 0 bridgehead atoms.